The number of aliphatic hydroxyl groups is 1. The van der Waals surface area contributed by atoms with Crippen molar-refractivity contribution in [3.05, 3.63) is 35.9 Å². The third kappa shape index (κ3) is 4.31. The van der Waals surface area contributed by atoms with Gasteiger partial charge in [-0.25, -0.2) is 0 Å². The van der Waals surface area contributed by atoms with Gasteiger partial charge in [-0.05, 0) is 37.7 Å². The molecule has 3 atom stereocenters. The van der Waals surface area contributed by atoms with Crippen LogP contribution in [0.25, 0.3) is 0 Å². The Balaban J connectivity index is 1.34. The van der Waals surface area contributed by atoms with Crippen LogP contribution in [0.2, 0.25) is 0 Å². The lowest BCUT2D eigenvalue weighted by molar-refractivity contribution is 0.0132. The van der Waals surface area contributed by atoms with E-state index in [-0.39, 0.29) is 6.10 Å². The summed E-state index contributed by atoms with van der Waals surface area (Å²) in [6.07, 6.45) is 8.13. The molecule has 1 aromatic rings. The van der Waals surface area contributed by atoms with Gasteiger partial charge < -0.3 is 9.84 Å². The van der Waals surface area contributed by atoms with E-state index in [1.807, 2.05) is 0 Å². The van der Waals surface area contributed by atoms with E-state index in [1.165, 1.54) is 18.4 Å². The molecular weight excluding hydrogens is 274 g/mol. The highest BCUT2D eigenvalue weighted by Crippen LogP contribution is 2.27. The molecule has 3 nitrogen and oxygen atoms in total. The maximum absolute atomic E-state index is 10.2. The molecule has 0 aromatic heterocycles. The molecule has 0 radical (unpaired) electrons. The Labute approximate surface area is 134 Å². The second-order valence-corrected chi connectivity index (χ2v) is 6.78. The average Bonchev–Trinajstić information content (AvgIpc) is 3.02. The van der Waals surface area contributed by atoms with Crippen LogP contribution in [0.15, 0.2) is 30.3 Å². The molecule has 0 spiro atoms. The fourth-order valence-corrected chi connectivity index (χ4v) is 3.88. The molecule has 3 heteroatoms. The lowest BCUT2D eigenvalue weighted by atomic mass is 9.91. The second-order valence-electron chi connectivity index (χ2n) is 6.78. The van der Waals surface area contributed by atoms with Gasteiger partial charge in [0.05, 0.1) is 12.2 Å². The predicted molar refractivity (Wildman–Crippen MR) is 89.0 cm³/mol. The Kier molecular flexibility index (Phi) is 5.88. The van der Waals surface area contributed by atoms with Crippen LogP contribution in [0, 0.1) is 0 Å². The normalized spacial score (nSPS) is 29.8. The van der Waals surface area contributed by atoms with Crippen molar-refractivity contribution in [1.82, 2.24) is 4.90 Å². The van der Waals surface area contributed by atoms with Crippen molar-refractivity contribution < 1.29 is 9.84 Å². The van der Waals surface area contributed by atoms with Gasteiger partial charge in [-0.3, -0.25) is 4.90 Å². The monoisotopic (exact) mass is 303 g/mol. The van der Waals surface area contributed by atoms with Gasteiger partial charge in [0, 0.05) is 25.7 Å². The Morgan fingerprint density at radius 3 is 2.73 bits per heavy atom. The highest BCUT2D eigenvalue weighted by molar-refractivity contribution is 5.14. The topological polar surface area (TPSA) is 32.7 Å². The van der Waals surface area contributed by atoms with E-state index in [1.54, 1.807) is 0 Å². The molecule has 2 aliphatic rings. The van der Waals surface area contributed by atoms with Crippen molar-refractivity contribution in [2.45, 2.75) is 63.2 Å². The number of nitrogens with zero attached hydrogens (tertiary/aromatic N) is 1. The molecule has 0 amide bonds. The van der Waals surface area contributed by atoms with Gasteiger partial charge in [-0.1, -0.05) is 43.2 Å². The standard InChI is InChI=1S/C19H29NO2/c21-19-11-5-4-10-18(19)20-13-12-17(15-20)22-14-6-9-16-7-2-1-3-8-16/h1-3,7-8,17-19,21H,4-6,9-15H2. The summed E-state index contributed by atoms with van der Waals surface area (Å²) in [5.74, 6) is 0. The Bertz CT molecular complexity index is 436. The Hall–Kier alpha value is -0.900. The minimum absolute atomic E-state index is 0.120. The summed E-state index contributed by atoms with van der Waals surface area (Å²) in [6, 6.07) is 11.0. The molecular formula is C19H29NO2. The van der Waals surface area contributed by atoms with Gasteiger partial charge in [0.25, 0.3) is 0 Å². The summed E-state index contributed by atoms with van der Waals surface area (Å²) in [4.78, 5) is 2.46. The van der Waals surface area contributed by atoms with Crippen LogP contribution in [-0.2, 0) is 11.2 Å². The first-order valence-corrected chi connectivity index (χ1v) is 8.90. The molecule has 1 aromatic carbocycles. The van der Waals surface area contributed by atoms with Crippen LogP contribution in [0.1, 0.15) is 44.1 Å². The highest BCUT2D eigenvalue weighted by atomic mass is 16.5. The first kappa shape index (κ1) is 16.0. The van der Waals surface area contributed by atoms with Crippen LogP contribution in [0.4, 0.5) is 0 Å². The third-order valence-corrected chi connectivity index (χ3v) is 5.15. The van der Waals surface area contributed by atoms with Gasteiger partial charge >= 0.3 is 0 Å². The molecule has 122 valence electrons. The van der Waals surface area contributed by atoms with Crippen molar-refractivity contribution in [1.29, 1.82) is 0 Å². The maximum Gasteiger partial charge on any atom is 0.0714 e. The smallest absolute Gasteiger partial charge is 0.0714 e. The van der Waals surface area contributed by atoms with Crippen molar-refractivity contribution >= 4 is 0 Å². The van der Waals surface area contributed by atoms with Gasteiger partial charge in [0.2, 0.25) is 0 Å². The van der Waals surface area contributed by atoms with E-state index in [4.69, 9.17) is 4.74 Å². The summed E-state index contributed by atoms with van der Waals surface area (Å²) in [7, 11) is 0. The van der Waals surface area contributed by atoms with E-state index in [2.05, 4.69) is 35.2 Å². The fraction of sp³-hybridized carbons (Fsp3) is 0.684. The lowest BCUT2D eigenvalue weighted by Gasteiger charge is -2.35. The van der Waals surface area contributed by atoms with Crippen molar-refractivity contribution in [3.63, 3.8) is 0 Å². The minimum Gasteiger partial charge on any atom is -0.391 e. The summed E-state index contributed by atoms with van der Waals surface area (Å²) in [6.45, 7) is 2.94. The molecule has 2 fully saturated rings. The molecule has 3 rings (SSSR count). The molecule has 0 bridgehead atoms. The van der Waals surface area contributed by atoms with Crippen molar-refractivity contribution in [3.8, 4) is 0 Å². The number of benzene rings is 1. The third-order valence-electron chi connectivity index (χ3n) is 5.15. The number of aryl methyl sites for hydroxylation is 1. The molecule has 1 aliphatic carbocycles. The van der Waals surface area contributed by atoms with E-state index in [0.717, 1.165) is 51.8 Å². The van der Waals surface area contributed by atoms with Crippen molar-refractivity contribution in [2.75, 3.05) is 19.7 Å². The van der Waals surface area contributed by atoms with Gasteiger partial charge in [0.15, 0.2) is 0 Å². The summed E-state index contributed by atoms with van der Waals surface area (Å²) >= 11 is 0. The van der Waals surface area contributed by atoms with Gasteiger partial charge in [0.1, 0.15) is 0 Å². The summed E-state index contributed by atoms with van der Waals surface area (Å²) < 4.78 is 6.06. The zero-order chi connectivity index (χ0) is 15.2. The summed E-state index contributed by atoms with van der Waals surface area (Å²) in [5.41, 5.74) is 1.39. The minimum atomic E-state index is -0.120. The fourth-order valence-electron chi connectivity index (χ4n) is 3.88. The Morgan fingerprint density at radius 1 is 1.09 bits per heavy atom. The Morgan fingerprint density at radius 2 is 1.91 bits per heavy atom. The van der Waals surface area contributed by atoms with Crippen LogP contribution in [0.5, 0.6) is 0 Å². The SMILES string of the molecule is OC1CCCCC1N1CCC(OCCCc2ccccc2)C1. The first-order chi connectivity index (χ1) is 10.8. The maximum atomic E-state index is 10.2. The zero-order valence-corrected chi connectivity index (χ0v) is 13.5. The second kappa shape index (κ2) is 8.09. The largest absolute Gasteiger partial charge is 0.391 e. The van der Waals surface area contributed by atoms with Crippen molar-refractivity contribution in [2.24, 2.45) is 0 Å². The van der Waals surface area contributed by atoms with Gasteiger partial charge in [-0.2, -0.15) is 0 Å². The number of likely N-dealkylation sites (tertiary alicyclic amines) is 1. The zero-order valence-electron chi connectivity index (χ0n) is 13.5. The number of rotatable bonds is 6. The average molecular weight is 303 g/mol. The first-order valence-electron chi connectivity index (χ1n) is 8.90. The predicted octanol–water partition coefficient (Wildman–Crippen LogP) is 3.01. The molecule has 1 saturated carbocycles. The number of aliphatic hydroxyl groups excluding tert-OH is 1. The molecule has 1 N–H and O–H groups in total. The molecule has 1 saturated heterocycles. The van der Waals surface area contributed by atoms with Crippen LogP contribution in [-0.4, -0.2) is 48.0 Å². The molecule has 22 heavy (non-hydrogen) atoms. The number of ether oxygens (including phenoxy) is 1. The van der Waals surface area contributed by atoms with Crippen LogP contribution in [0.3, 0.4) is 0 Å². The van der Waals surface area contributed by atoms with Crippen LogP contribution < -0.4 is 0 Å². The molecule has 3 unspecified atom stereocenters. The highest BCUT2D eigenvalue weighted by Gasteiger charge is 2.33. The molecule has 1 heterocycles. The van der Waals surface area contributed by atoms with Crippen LogP contribution >= 0.6 is 0 Å². The summed E-state index contributed by atoms with van der Waals surface area (Å²) in [5, 5.41) is 10.2. The lowest BCUT2D eigenvalue weighted by Crippen LogP contribution is -2.44. The quantitative estimate of drug-likeness (QED) is 0.820. The van der Waals surface area contributed by atoms with E-state index in [9.17, 15) is 5.11 Å². The number of hydrogen-bond acceptors (Lipinski definition) is 3. The van der Waals surface area contributed by atoms with E-state index in [0.29, 0.717) is 12.1 Å². The van der Waals surface area contributed by atoms with E-state index < -0.39 is 0 Å². The molecule has 1 aliphatic heterocycles. The van der Waals surface area contributed by atoms with E-state index >= 15 is 0 Å². The number of hydrogen-bond donors (Lipinski definition) is 1. The van der Waals surface area contributed by atoms with Gasteiger partial charge in [-0.15, -0.1) is 0 Å².